The van der Waals surface area contributed by atoms with Crippen molar-refractivity contribution in [3.05, 3.63) is 79.8 Å². The van der Waals surface area contributed by atoms with Gasteiger partial charge in [0.15, 0.2) is 0 Å². The molecule has 2 N–H and O–H groups in total. The molecule has 0 saturated carbocycles. The summed E-state index contributed by atoms with van der Waals surface area (Å²) >= 11 is 6.22. The molecule has 12 nitrogen and oxygen atoms in total. The van der Waals surface area contributed by atoms with Crippen LogP contribution >= 0.6 is 11.6 Å². The second kappa shape index (κ2) is 14.0. The number of fused-ring (bicyclic) bond motifs is 1. The van der Waals surface area contributed by atoms with Gasteiger partial charge in [-0.3, -0.25) is 23.5 Å². The first-order valence-electron chi connectivity index (χ1n) is 15.5. The number of anilines is 1. The maximum Gasteiger partial charge on any atom is 0.331 e. The monoisotopic (exact) mass is 668 g/mol. The number of amides is 4. The van der Waals surface area contributed by atoms with E-state index >= 15 is 0 Å². The minimum absolute atomic E-state index is 0.0202. The molecule has 250 valence electrons. The van der Waals surface area contributed by atoms with Gasteiger partial charge in [-0.2, -0.15) is 0 Å². The Bertz CT molecular complexity index is 1820. The van der Waals surface area contributed by atoms with Gasteiger partial charge in [0.2, 0.25) is 11.8 Å². The number of hydrogen-bond acceptors (Lipinski definition) is 6. The normalized spacial score (nSPS) is 17.4. The summed E-state index contributed by atoms with van der Waals surface area (Å²) in [7, 11) is 1.60. The smallest absolute Gasteiger partial charge is 0.331 e. The average Bonchev–Trinajstić information content (AvgIpc) is 3.17. The molecule has 1 fully saturated rings. The summed E-state index contributed by atoms with van der Waals surface area (Å²) in [6.45, 7) is 5.78. The number of hydrogen-bond donors (Lipinski definition) is 2. The molecule has 0 spiro atoms. The number of rotatable bonds is 8. The van der Waals surface area contributed by atoms with Crippen molar-refractivity contribution < 1.29 is 23.5 Å². The Morgan fingerprint density at radius 3 is 2.53 bits per heavy atom. The third-order valence-electron chi connectivity index (χ3n) is 8.84. The number of carbonyl (C=O) groups excluding carboxylic acids is 3. The van der Waals surface area contributed by atoms with Crippen LogP contribution in [0.25, 0.3) is 11.1 Å². The first kappa shape index (κ1) is 33.7. The van der Waals surface area contributed by atoms with Crippen molar-refractivity contribution in [3.63, 3.8) is 0 Å². The van der Waals surface area contributed by atoms with E-state index in [0.717, 1.165) is 26.5 Å². The Labute approximate surface area is 276 Å². The van der Waals surface area contributed by atoms with Gasteiger partial charge in [-0.15, -0.1) is 0 Å². The summed E-state index contributed by atoms with van der Waals surface area (Å²) in [5.41, 5.74) is 0.273. The molecular formula is C33H38ClFN6O6. The molecule has 0 bridgehead atoms. The predicted octanol–water partition coefficient (Wildman–Crippen LogP) is 3.82. The van der Waals surface area contributed by atoms with Crippen LogP contribution in [0.4, 0.5) is 14.9 Å². The Kier molecular flexibility index (Phi) is 10.0. The number of carbonyl (C=O) groups is 3. The highest BCUT2D eigenvalue weighted by Crippen LogP contribution is 2.34. The first-order valence-corrected chi connectivity index (χ1v) is 15.9. The molecule has 0 aliphatic carbocycles. The summed E-state index contributed by atoms with van der Waals surface area (Å²) in [6.07, 6.45) is 2.31. The van der Waals surface area contributed by atoms with Crippen molar-refractivity contribution in [2.75, 3.05) is 38.6 Å². The number of likely N-dealkylation sites (tertiary alicyclic amines) is 1. The fourth-order valence-electron chi connectivity index (χ4n) is 6.24. The number of halogens is 2. The van der Waals surface area contributed by atoms with E-state index in [1.807, 2.05) is 23.1 Å². The quantitative estimate of drug-likeness (QED) is 0.375. The first-order chi connectivity index (χ1) is 22.4. The van der Waals surface area contributed by atoms with Crippen molar-refractivity contribution >= 4 is 35.1 Å². The van der Waals surface area contributed by atoms with Gasteiger partial charge < -0.3 is 25.2 Å². The average molecular weight is 669 g/mol. The van der Waals surface area contributed by atoms with Gasteiger partial charge in [-0.1, -0.05) is 30.7 Å². The summed E-state index contributed by atoms with van der Waals surface area (Å²) in [5.74, 6) is -0.669. The van der Waals surface area contributed by atoms with E-state index < -0.39 is 23.1 Å². The zero-order chi connectivity index (χ0) is 34.0. The molecule has 3 heterocycles. The van der Waals surface area contributed by atoms with Gasteiger partial charge in [0.1, 0.15) is 18.1 Å². The Morgan fingerprint density at radius 1 is 1.13 bits per heavy atom. The summed E-state index contributed by atoms with van der Waals surface area (Å²) < 4.78 is 21.8. The summed E-state index contributed by atoms with van der Waals surface area (Å²) in [5, 5.41) is 5.32. The highest BCUT2D eigenvalue weighted by molar-refractivity contribution is 6.33. The highest BCUT2D eigenvalue weighted by Gasteiger charge is 2.34. The molecule has 2 aliphatic heterocycles. The molecule has 1 aromatic heterocycles. The standard InChI is InChI=1S/C33H38ClFN6O6/c1-19-16-40(32(45)37-28-9-8-23(47-4)14-25(19)28)22-10-12-38(13-11-22)29(43)18-39-17-26(24-6-5-7-27(35)30(24)34)31(44)41(33(39)46)20(2)15-36-21(3)42/h5-9,14,17,19-20,22H,10-13,15-16,18H2,1-4H3,(H,36,42)(H,37,45)/t19?,20-/m0/s1. The van der Waals surface area contributed by atoms with Crippen LogP contribution in [-0.4, -0.2) is 76.1 Å². The van der Waals surface area contributed by atoms with Gasteiger partial charge in [0.25, 0.3) is 5.56 Å². The van der Waals surface area contributed by atoms with Crippen LogP contribution in [0.1, 0.15) is 51.1 Å². The lowest BCUT2D eigenvalue weighted by atomic mass is 9.97. The molecule has 1 unspecified atom stereocenters. The molecule has 2 aromatic carbocycles. The largest absolute Gasteiger partial charge is 0.497 e. The topological polar surface area (TPSA) is 135 Å². The number of aromatic nitrogens is 2. The van der Waals surface area contributed by atoms with E-state index in [1.165, 1.54) is 25.3 Å². The summed E-state index contributed by atoms with van der Waals surface area (Å²) in [6, 6.07) is 8.51. The van der Waals surface area contributed by atoms with Gasteiger partial charge in [0, 0.05) is 62.5 Å². The van der Waals surface area contributed by atoms with Crippen LogP contribution < -0.4 is 26.6 Å². The van der Waals surface area contributed by atoms with Crippen LogP contribution in [0.2, 0.25) is 5.02 Å². The fourth-order valence-corrected chi connectivity index (χ4v) is 6.47. The van der Waals surface area contributed by atoms with Gasteiger partial charge in [-0.25, -0.2) is 14.0 Å². The van der Waals surface area contributed by atoms with E-state index in [0.29, 0.717) is 38.2 Å². The molecule has 14 heteroatoms. The van der Waals surface area contributed by atoms with E-state index in [9.17, 15) is 28.4 Å². The Balaban J connectivity index is 1.35. The van der Waals surface area contributed by atoms with Crippen molar-refractivity contribution in [3.8, 4) is 16.9 Å². The third-order valence-corrected chi connectivity index (χ3v) is 9.23. The number of nitrogens with one attached hydrogen (secondary N) is 2. The van der Waals surface area contributed by atoms with E-state index in [1.54, 1.807) is 18.9 Å². The second-order valence-corrected chi connectivity index (χ2v) is 12.4. The van der Waals surface area contributed by atoms with Gasteiger partial charge in [-0.05, 0) is 49.6 Å². The third kappa shape index (κ3) is 7.04. The minimum Gasteiger partial charge on any atom is -0.497 e. The molecule has 2 aliphatic rings. The number of nitrogens with zero attached hydrogens (tertiary/aromatic N) is 4. The molecule has 4 amide bonds. The fraction of sp³-hybridized carbons (Fsp3) is 0.424. The van der Waals surface area contributed by atoms with Crippen molar-refractivity contribution in [2.24, 2.45) is 0 Å². The lowest BCUT2D eigenvalue weighted by Gasteiger charge is -2.38. The van der Waals surface area contributed by atoms with Crippen molar-refractivity contribution in [1.29, 1.82) is 0 Å². The molecular weight excluding hydrogens is 631 g/mol. The zero-order valence-corrected chi connectivity index (χ0v) is 27.5. The second-order valence-electron chi connectivity index (χ2n) is 12.1. The Morgan fingerprint density at radius 2 is 1.85 bits per heavy atom. The van der Waals surface area contributed by atoms with Crippen molar-refractivity contribution in [2.45, 2.75) is 58.2 Å². The van der Waals surface area contributed by atoms with Crippen LogP contribution in [0.5, 0.6) is 5.75 Å². The lowest BCUT2D eigenvalue weighted by molar-refractivity contribution is -0.133. The van der Waals surface area contributed by atoms with Crippen LogP contribution in [0, 0.1) is 5.82 Å². The molecule has 0 radical (unpaired) electrons. The molecule has 5 rings (SSSR count). The number of piperidine rings is 1. The SMILES string of the molecule is COc1ccc2c(c1)C(C)CN(C1CCN(C(=O)Cn3cc(-c4cccc(F)c4Cl)c(=O)n([C@@H](C)CNC(C)=O)c3=O)CC1)C(=O)N2. The van der Waals surface area contributed by atoms with E-state index in [-0.39, 0.29) is 59.0 Å². The Hall–Kier alpha value is -4.65. The maximum absolute atomic E-state index is 14.4. The zero-order valence-electron chi connectivity index (χ0n) is 26.7. The number of benzene rings is 2. The van der Waals surface area contributed by atoms with E-state index in [4.69, 9.17) is 16.3 Å². The number of urea groups is 1. The van der Waals surface area contributed by atoms with Crippen LogP contribution in [0.15, 0.2) is 52.2 Å². The molecule has 3 aromatic rings. The lowest BCUT2D eigenvalue weighted by Crippen LogP contribution is -2.51. The van der Waals surface area contributed by atoms with E-state index in [2.05, 4.69) is 17.6 Å². The number of methoxy groups -OCH3 is 1. The predicted molar refractivity (Wildman–Crippen MR) is 175 cm³/mol. The van der Waals surface area contributed by atoms with Crippen LogP contribution in [0.3, 0.4) is 0 Å². The molecule has 47 heavy (non-hydrogen) atoms. The van der Waals surface area contributed by atoms with Crippen LogP contribution in [-0.2, 0) is 16.1 Å². The highest BCUT2D eigenvalue weighted by atomic mass is 35.5. The van der Waals surface area contributed by atoms with Crippen molar-refractivity contribution in [1.82, 2.24) is 24.3 Å². The minimum atomic E-state index is -0.780. The molecule has 2 atom stereocenters. The van der Waals surface area contributed by atoms with Gasteiger partial charge >= 0.3 is 11.7 Å². The summed E-state index contributed by atoms with van der Waals surface area (Å²) in [4.78, 5) is 69.0. The maximum atomic E-state index is 14.4. The van der Waals surface area contributed by atoms with Gasteiger partial charge in [0.05, 0.1) is 23.7 Å². The number of ether oxygens (including phenoxy) is 1. The molecule has 1 saturated heterocycles.